The van der Waals surface area contributed by atoms with Gasteiger partial charge in [-0.3, -0.25) is 9.10 Å². The largest absolute Gasteiger partial charge is 0.487 e. The highest BCUT2D eigenvalue weighted by Gasteiger charge is 2.37. The SMILES string of the molecule is Cc1ccc2c(c1)[C@@H](NC(=O)[C@H](C)N(c1cccc(F)c1)S(C)(=O)=O)CC(C)(C)O2. The van der Waals surface area contributed by atoms with Crippen molar-refractivity contribution in [1.82, 2.24) is 5.32 Å². The summed E-state index contributed by atoms with van der Waals surface area (Å²) in [4.78, 5) is 13.1. The standard InChI is InChI=1S/C22H27FN2O4S/c1-14-9-10-20-18(11-14)19(13-22(3,4)29-20)24-21(26)15(2)25(30(5,27)28)17-8-6-7-16(23)12-17/h6-12,15,19H,13H2,1-5H3,(H,24,26)/t15-,19-/m0/s1. The van der Waals surface area contributed by atoms with E-state index >= 15 is 0 Å². The summed E-state index contributed by atoms with van der Waals surface area (Å²) in [5.74, 6) is -0.357. The minimum Gasteiger partial charge on any atom is -0.487 e. The zero-order chi connectivity index (χ0) is 22.3. The number of anilines is 1. The Labute approximate surface area is 177 Å². The molecule has 0 saturated carbocycles. The van der Waals surface area contributed by atoms with E-state index in [-0.39, 0.29) is 11.7 Å². The third-order valence-corrected chi connectivity index (χ3v) is 6.33. The Bertz CT molecular complexity index is 1070. The number of nitrogens with zero attached hydrogens (tertiary/aromatic N) is 1. The average molecular weight is 435 g/mol. The van der Waals surface area contributed by atoms with Gasteiger partial charge in [0.05, 0.1) is 18.0 Å². The molecular weight excluding hydrogens is 407 g/mol. The van der Waals surface area contributed by atoms with Gasteiger partial charge in [-0.2, -0.15) is 0 Å². The van der Waals surface area contributed by atoms with Crippen molar-refractivity contribution in [3.63, 3.8) is 0 Å². The van der Waals surface area contributed by atoms with E-state index in [0.717, 1.165) is 27.8 Å². The molecule has 0 aromatic heterocycles. The van der Waals surface area contributed by atoms with Crippen LogP contribution in [0.4, 0.5) is 10.1 Å². The van der Waals surface area contributed by atoms with Crippen LogP contribution in [0.2, 0.25) is 0 Å². The topological polar surface area (TPSA) is 75.7 Å². The lowest BCUT2D eigenvalue weighted by Gasteiger charge is -2.39. The molecule has 0 spiro atoms. The van der Waals surface area contributed by atoms with Crippen molar-refractivity contribution in [3.8, 4) is 5.75 Å². The Morgan fingerprint density at radius 1 is 1.27 bits per heavy atom. The lowest BCUT2D eigenvalue weighted by Crippen LogP contribution is -2.50. The van der Waals surface area contributed by atoms with Gasteiger partial charge in [-0.1, -0.05) is 23.8 Å². The second-order valence-corrected chi connectivity index (χ2v) is 10.2. The van der Waals surface area contributed by atoms with Crippen molar-refractivity contribution in [1.29, 1.82) is 0 Å². The van der Waals surface area contributed by atoms with Gasteiger partial charge in [0.15, 0.2) is 0 Å². The molecule has 0 bridgehead atoms. The molecule has 1 aliphatic heterocycles. The van der Waals surface area contributed by atoms with Gasteiger partial charge in [0, 0.05) is 12.0 Å². The molecule has 1 amide bonds. The second kappa shape index (κ2) is 7.91. The number of nitrogens with one attached hydrogen (secondary N) is 1. The van der Waals surface area contributed by atoms with E-state index in [2.05, 4.69) is 5.32 Å². The van der Waals surface area contributed by atoms with Gasteiger partial charge < -0.3 is 10.1 Å². The molecule has 6 nitrogen and oxygen atoms in total. The smallest absolute Gasteiger partial charge is 0.244 e. The van der Waals surface area contributed by atoms with E-state index in [1.807, 2.05) is 39.0 Å². The fraction of sp³-hybridized carbons (Fsp3) is 0.409. The highest BCUT2D eigenvalue weighted by atomic mass is 32.2. The van der Waals surface area contributed by atoms with Crippen molar-refractivity contribution < 1.29 is 22.3 Å². The van der Waals surface area contributed by atoms with Crippen molar-refractivity contribution >= 4 is 21.6 Å². The number of carbonyl (C=O) groups is 1. The van der Waals surface area contributed by atoms with E-state index in [0.29, 0.717) is 12.2 Å². The van der Waals surface area contributed by atoms with Crippen LogP contribution in [0.15, 0.2) is 42.5 Å². The van der Waals surface area contributed by atoms with Crippen LogP contribution in [-0.2, 0) is 14.8 Å². The number of halogens is 1. The summed E-state index contributed by atoms with van der Waals surface area (Å²) >= 11 is 0. The van der Waals surface area contributed by atoms with Gasteiger partial charge in [-0.25, -0.2) is 12.8 Å². The first-order valence-electron chi connectivity index (χ1n) is 9.72. The molecule has 0 radical (unpaired) electrons. The number of benzene rings is 2. The van der Waals surface area contributed by atoms with Crippen LogP contribution < -0.4 is 14.4 Å². The van der Waals surface area contributed by atoms with Gasteiger partial charge in [0.25, 0.3) is 0 Å². The number of hydrogen-bond donors (Lipinski definition) is 1. The van der Waals surface area contributed by atoms with Crippen molar-refractivity contribution in [3.05, 3.63) is 59.4 Å². The summed E-state index contributed by atoms with van der Waals surface area (Å²) in [6, 6.07) is 9.56. The van der Waals surface area contributed by atoms with Gasteiger partial charge in [0.1, 0.15) is 23.2 Å². The third kappa shape index (κ3) is 4.75. The van der Waals surface area contributed by atoms with Gasteiger partial charge >= 0.3 is 0 Å². The lowest BCUT2D eigenvalue weighted by molar-refractivity contribution is -0.123. The molecule has 1 heterocycles. The average Bonchev–Trinajstić information content (AvgIpc) is 2.60. The molecule has 0 unspecified atom stereocenters. The lowest BCUT2D eigenvalue weighted by atomic mass is 9.89. The molecule has 3 rings (SSSR count). The van der Waals surface area contributed by atoms with Crippen LogP contribution in [0.3, 0.4) is 0 Å². The number of ether oxygens (including phenoxy) is 1. The first-order chi connectivity index (χ1) is 13.9. The van der Waals surface area contributed by atoms with Crippen molar-refractivity contribution in [2.75, 3.05) is 10.6 Å². The molecular formula is C22H27FN2O4S. The van der Waals surface area contributed by atoms with E-state index in [9.17, 15) is 17.6 Å². The quantitative estimate of drug-likeness (QED) is 0.779. The van der Waals surface area contributed by atoms with Gasteiger partial charge in [-0.05, 0) is 52.0 Å². The highest BCUT2D eigenvalue weighted by molar-refractivity contribution is 7.92. The molecule has 0 aliphatic carbocycles. The van der Waals surface area contributed by atoms with E-state index in [4.69, 9.17) is 4.74 Å². The van der Waals surface area contributed by atoms with E-state index in [1.165, 1.54) is 25.1 Å². The Morgan fingerprint density at radius 3 is 2.60 bits per heavy atom. The van der Waals surface area contributed by atoms with Gasteiger partial charge in [-0.15, -0.1) is 0 Å². The Balaban J connectivity index is 1.91. The summed E-state index contributed by atoms with van der Waals surface area (Å²) in [6.07, 6.45) is 1.53. The molecule has 8 heteroatoms. The minimum absolute atomic E-state index is 0.101. The number of carbonyl (C=O) groups excluding carboxylic acids is 1. The Hall–Kier alpha value is -2.61. The zero-order valence-corrected chi connectivity index (χ0v) is 18.6. The molecule has 1 N–H and O–H groups in total. The second-order valence-electron chi connectivity index (χ2n) is 8.38. The molecule has 0 saturated heterocycles. The molecule has 2 aromatic rings. The number of aryl methyl sites for hydroxylation is 1. The molecule has 0 fully saturated rings. The van der Waals surface area contributed by atoms with E-state index < -0.39 is 33.4 Å². The highest BCUT2D eigenvalue weighted by Crippen LogP contribution is 2.40. The minimum atomic E-state index is -3.83. The normalized spacial score (nSPS) is 18.7. The van der Waals surface area contributed by atoms with Crippen molar-refractivity contribution in [2.24, 2.45) is 0 Å². The molecule has 1 aliphatic rings. The summed E-state index contributed by atoms with van der Waals surface area (Å²) in [5.41, 5.74) is 1.49. The Kier molecular flexibility index (Phi) is 5.82. The van der Waals surface area contributed by atoms with Crippen LogP contribution in [0.5, 0.6) is 5.75 Å². The number of hydrogen-bond acceptors (Lipinski definition) is 4. The fourth-order valence-electron chi connectivity index (χ4n) is 3.82. The van der Waals surface area contributed by atoms with Crippen molar-refractivity contribution in [2.45, 2.75) is 51.8 Å². The molecule has 2 atom stereocenters. The van der Waals surface area contributed by atoms with E-state index in [1.54, 1.807) is 0 Å². The molecule has 162 valence electrons. The first kappa shape index (κ1) is 22.1. The number of rotatable bonds is 5. The van der Waals surface area contributed by atoms with Crippen LogP contribution in [0.25, 0.3) is 0 Å². The maximum Gasteiger partial charge on any atom is 0.244 e. The maximum absolute atomic E-state index is 13.7. The van der Waals surface area contributed by atoms with Crippen LogP contribution >= 0.6 is 0 Å². The summed E-state index contributed by atoms with van der Waals surface area (Å²) in [5, 5.41) is 2.98. The Morgan fingerprint density at radius 2 is 1.97 bits per heavy atom. The summed E-state index contributed by atoms with van der Waals surface area (Å²) in [7, 11) is -3.83. The summed E-state index contributed by atoms with van der Waals surface area (Å²) < 4.78 is 45.5. The van der Waals surface area contributed by atoms with Crippen LogP contribution in [-0.4, -0.2) is 32.2 Å². The van der Waals surface area contributed by atoms with Gasteiger partial charge in [0.2, 0.25) is 15.9 Å². The fourth-order valence-corrected chi connectivity index (χ4v) is 4.98. The number of fused-ring (bicyclic) bond motifs is 1. The monoisotopic (exact) mass is 434 g/mol. The first-order valence-corrected chi connectivity index (χ1v) is 11.6. The molecule has 2 aromatic carbocycles. The number of sulfonamides is 1. The number of amides is 1. The zero-order valence-electron chi connectivity index (χ0n) is 17.8. The maximum atomic E-state index is 13.7. The molecule has 30 heavy (non-hydrogen) atoms. The predicted molar refractivity (Wildman–Crippen MR) is 115 cm³/mol. The van der Waals surface area contributed by atoms with Crippen LogP contribution in [0, 0.1) is 12.7 Å². The summed E-state index contributed by atoms with van der Waals surface area (Å²) in [6.45, 7) is 7.32. The predicted octanol–water partition coefficient (Wildman–Crippen LogP) is 3.71. The third-order valence-electron chi connectivity index (χ3n) is 5.09. The van der Waals surface area contributed by atoms with Crippen LogP contribution in [0.1, 0.15) is 44.4 Å².